The monoisotopic (exact) mass is 364 g/mol. The predicted octanol–water partition coefficient (Wildman–Crippen LogP) is 2.44. The molecule has 1 aromatic carbocycles. The van der Waals surface area contributed by atoms with Crippen molar-refractivity contribution >= 4 is 22.6 Å². The van der Waals surface area contributed by atoms with Gasteiger partial charge in [0.25, 0.3) is 0 Å². The van der Waals surface area contributed by atoms with Crippen LogP contribution in [-0.2, 0) is 17.9 Å². The maximum Gasteiger partial charge on any atom is 0.222 e. The van der Waals surface area contributed by atoms with Crippen molar-refractivity contribution in [1.29, 1.82) is 0 Å². The van der Waals surface area contributed by atoms with Crippen molar-refractivity contribution in [2.45, 2.75) is 39.3 Å². The van der Waals surface area contributed by atoms with E-state index in [9.17, 15) is 4.79 Å². The Morgan fingerprint density at radius 3 is 2.81 bits per heavy atom. The SMILES string of the molecule is Cc1cccc2c(N3CCCC3)nc(CNC(=O)CCn3cccn3)nc12. The van der Waals surface area contributed by atoms with Gasteiger partial charge in [0.2, 0.25) is 5.91 Å². The Labute approximate surface area is 158 Å². The number of rotatable bonds is 6. The molecule has 0 bridgehead atoms. The average molecular weight is 364 g/mol. The number of fused-ring (bicyclic) bond motifs is 1. The van der Waals surface area contributed by atoms with Gasteiger partial charge in [-0.25, -0.2) is 9.97 Å². The average Bonchev–Trinajstić information content (AvgIpc) is 3.38. The van der Waals surface area contributed by atoms with Gasteiger partial charge < -0.3 is 10.2 Å². The summed E-state index contributed by atoms with van der Waals surface area (Å²) in [6, 6.07) is 8.05. The third-order valence-electron chi connectivity index (χ3n) is 4.93. The Balaban J connectivity index is 1.51. The van der Waals surface area contributed by atoms with Gasteiger partial charge in [0.05, 0.1) is 12.1 Å². The highest BCUT2D eigenvalue weighted by Crippen LogP contribution is 2.28. The molecule has 7 nitrogen and oxygen atoms in total. The van der Waals surface area contributed by atoms with Gasteiger partial charge in [-0.1, -0.05) is 12.1 Å². The molecule has 1 N–H and O–H groups in total. The maximum atomic E-state index is 12.2. The van der Waals surface area contributed by atoms with Gasteiger partial charge in [0.15, 0.2) is 5.82 Å². The zero-order valence-electron chi connectivity index (χ0n) is 15.6. The molecule has 1 aliphatic rings. The van der Waals surface area contributed by atoms with Crippen molar-refractivity contribution in [2.24, 2.45) is 0 Å². The molecule has 2 aromatic heterocycles. The zero-order chi connectivity index (χ0) is 18.6. The van der Waals surface area contributed by atoms with Crippen molar-refractivity contribution in [3.05, 3.63) is 48.0 Å². The third kappa shape index (κ3) is 3.92. The smallest absolute Gasteiger partial charge is 0.222 e. The number of carbonyl (C=O) groups is 1. The number of aryl methyl sites for hydroxylation is 2. The fourth-order valence-corrected chi connectivity index (χ4v) is 3.49. The highest BCUT2D eigenvalue weighted by Gasteiger charge is 2.19. The second kappa shape index (κ2) is 7.73. The van der Waals surface area contributed by atoms with Crippen LogP contribution in [0.4, 0.5) is 5.82 Å². The summed E-state index contributed by atoms with van der Waals surface area (Å²) in [5, 5.41) is 8.14. The van der Waals surface area contributed by atoms with Crippen LogP contribution in [0.5, 0.6) is 0 Å². The summed E-state index contributed by atoms with van der Waals surface area (Å²) in [7, 11) is 0. The van der Waals surface area contributed by atoms with Crippen LogP contribution in [-0.4, -0.2) is 38.7 Å². The van der Waals surface area contributed by atoms with Crippen molar-refractivity contribution in [2.75, 3.05) is 18.0 Å². The molecule has 0 atom stereocenters. The fraction of sp³-hybridized carbons (Fsp3) is 0.400. The molecule has 0 saturated carbocycles. The molecule has 3 aromatic rings. The topological polar surface area (TPSA) is 75.9 Å². The van der Waals surface area contributed by atoms with E-state index in [1.54, 1.807) is 10.9 Å². The van der Waals surface area contributed by atoms with E-state index < -0.39 is 0 Å². The zero-order valence-corrected chi connectivity index (χ0v) is 15.6. The van der Waals surface area contributed by atoms with E-state index in [4.69, 9.17) is 9.97 Å². The predicted molar refractivity (Wildman–Crippen MR) is 104 cm³/mol. The number of nitrogens with one attached hydrogen (secondary N) is 1. The summed E-state index contributed by atoms with van der Waals surface area (Å²) in [6.07, 6.45) is 6.33. The maximum absolute atomic E-state index is 12.2. The van der Waals surface area contributed by atoms with Gasteiger partial charge in [-0.15, -0.1) is 0 Å². The van der Waals surface area contributed by atoms with Gasteiger partial charge in [0, 0.05) is 43.8 Å². The van der Waals surface area contributed by atoms with Crippen molar-refractivity contribution < 1.29 is 4.79 Å². The van der Waals surface area contributed by atoms with E-state index in [0.717, 1.165) is 35.4 Å². The molecule has 1 aliphatic heterocycles. The molecule has 1 fully saturated rings. The first-order chi connectivity index (χ1) is 13.2. The number of para-hydroxylation sites is 1. The Hall–Kier alpha value is -2.96. The van der Waals surface area contributed by atoms with Crippen molar-refractivity contribution in [1.82, 2.24) is 25.1 Å². The van der Waals surface area contributed by atoms with Crippen LogP contribution < -0.4 is 10.2 Å². The number of aromatic nitrogens is 4. The number of anilines is 1. The Morgan fingerprint density at radius 1 is 1.19 bits per heavy atom. The quantitative estimate of drug-likeness (QED) is 0.727. The third-order valence-corrected chi connectivity index (χ3v) is 4.93. The van der Waals surface area contributed by atoms with Crippen LogP contribution in [0.2, 0.25) is 0 Å². The molecular formula is C20H24N6O. The normalized spacial score (nSPS) is 14.0. The number of carbonyl (C=O) groups excluding carboxylic acids is 1. The number of hydrogen-bond donors (Lipinski definition) is 1. The Morgan fingerprint density at radius 2 is 2.04 bits per heavy atom. The van der Waals surface area contributed by atoms with E-state index in [2.05, 4.69) is 40.4 Å². The minimum Gasteiger partial charge on any atom is -0.356 e. The minimum absolute atomic E-state index is 0.0262. The standard InChI is InChI=1S/C20H24N6O/c1-15-6-4-7-16-19(15)23-17(24-20(16)25-10-2-3-11-25)14-21-18(27)8-13-26-12-5-9-22-26/h4-7,9,12H,2-3,8,10-11,13-14H2,1H3,(H,21,27). The molecule has 0 unspecified atom stereocenters. The highest BCUT2D eigenvalue weighted by atomic mass is 16.1. The van der Waals surface area contributed by atoms with Crippen LogP contribution >= 0.6 is 0 Å². The second-order valence-corrected chi connectivity index (χ2v) is 6.92. The molecular weight excluding hydrogens is 340 g/mol. The molecule has 4 rings (SSSR count). The lowest BCUT2D eigenvalue weighted by Crippen LogP contribution is -2.26. The second-order valence-electron chi connectivity index (χ2n) is 6.92. The van der Waals surface area contributed by atoms with E-state index >= 15 is 0 Å². The summed E-state index contributed by atoms with van der Waals surface area (Å²) >= 11 is 0. The van der Waals surface area contributed by atoms with Gasteiger partial charge >= 0.3 is 0 Å². The molecule has 1 saturated heterocycles. The van der Waals surface area contributed by atoms with Gasteiger partial charge in [0.1, 0.15) is 5.82 Å². The Bertz CT molecular complexity index is 931. The van der Waals surface area contributed by atoms with E-state index in [-0.39, 0.29) is 5.91 Å². The number of amides is 1. The number of hydrogen-bond acceptors (Lipinski definition) is 5. The van der Waals surface area contributed by atoms with Crippen LogP contribution in [0.15, 0.2) is 36.7 Å². The van der Waals surface area contributed by atoms with Crippen LogP contribution in [0.1, 0.15) is 30.7 Å². The molecule has 1 amide bonds. The summed E-state index contributed by atoms with van der Waals surface area (Å²) < 4.78 is 1.75. The lowest BCUT2D eigenvalue weighted by Gasteiger charge is -2.20. The number of benzene rings is 1. The first-order valence-corrected chi connectivity index (χ1v) is 9.46. The summed E-state index contributed by atoms with van der Waals surface area (Å²) in [5.74, 6) is 1.62. The fourth-order valence-electron chi connectivity index (χ4n) is 3.49. The van der Waals surface area contributed by atoms with Crippen LogP contribution in [0, 0.1) is 6.92 Å². The van der Waals surface area contributed by atoms with Crippen molar-refractivity contribution in [3.63, 3.8) is 0 Å². The number of nitrogens with zero attached hydrogens (tertiary/aromatic N) is 5. The van der Waals surface area contributed by atoms with Crippen LogP contribution in [0.25, 0.3) is 10.9 Å². The lowest BCUT2D eigenvalue weighted by molar-refractivity contribution is -0.121. The summed E-state index contributed by atoms with van der Waals surface area (Å²) in [5.41, 5.74) is 2.09. The lowest BCUT2D eigenvalue weighted by atomic mass is 10.1. The first-order valence-electron chi connectivity index (χ1n) is 9.46. The molecule has 27 heavy (non-hydrogen) atoms. The van der Waals surface area contributed by atoms with Gasteiger partial charge in [-0.2, -0.15) is 5.10 Å². The largest absolute Gasteiger partial charge is 0.356 e. The van der Waals surface area contributed by atoms with E-state index in [0.29, 0.717) is 25.3 Å². The van der Waals surface area contributed by atoms with Gasteiger partial charge in [-0.3, -0.25) is 9.48 Å². The van der Waals surface area contributed by atoms with Gasteiger partial charge in [-0.05, 0) is 37.5 Å². The van der Waals surface area contributed by atoms with Crippen molar-refractivity contribution in [3.8, 4) is 0 Å². The summed E-state index contributed by atoms with van der Waals surface area (Å²) in [4.78, 5) is 24.0. The van der Waals surface area contributed by atoms with E-state index in [1.807, 2.05) is 12.3 Å². The molecule has 0 aliphatic carbocycles. The molecule has 0 spiro atoms. The van der Waals surface area contributed by atoms with Crippen LogP contribution in [0.3, 0.4) is 0 Å². The summed E-state index contributed by atoms with van der Waals surface area (Å²) in [6.45, 7) is 5.01. The first kappa shape index (κ1) is 17.5. The van der Waals surface area contributed by atoms with E-state index in [1.165, 1.54) is 12.8 Å². The molecule has 0 radical (unpaired) electrons. The molecule has 3 heterocycles. The highest BCUT2D eigenvalue weighted by molar-refractivity contribution is 5.91. The molecule has 140 valence electrons. The minimum atomic E-state index is -0.0262. The Kier molecular flexibility index (Phi) is 5.00. The molecule has 7 heteroatoms.